The number of ether oxygens (including phenoxy) is 1. The van der Waals surface area contributed by atoms with E-state index >= 15 is 0 Å². The number of nitrogens with zero attached hydrogens (tertiary/aromatic N) is 2. The van der Waals surface area contributed by atoms with Gasteiger partial charge >= 0.3 is 5.97 Å². The lowest BCUT2D eigenvalue weighted by Gasteiger charge is -2.07. The van der Waals surface area contributed by atoms with Gasteiger partial charge in [0.05, 0.1) is 23.7 Å². The summed E-state index contributed by atoms with van der Waals surface area (Å²) in [4.78, 5) is 25.3. The van der Waals surface area contributed by atoms with Crippen LogP contribution in [0.1, 0.15) is 19.8 Å². The maximum absolute atomic E-state index is 11.1. The highest BCUT2D eigenvalue weighted by Gasteiger charge is 2.10. The fourth-order valence-electron chi connectivity index (χ4n) is 1.47. The van der Waals surface area contributed by atoms with Gasteiger partial charge in [0.15, 0.2) is 0 Å². The number of anilines is 2. The number of esters is 1. The average Bonchev–Trinajstić information content (AvgIpc) is 2.43. The molecule has 0 amide bonds. The van der Waals surface area contributed by atoms with E-state index in [9.17, 15) is 14.9 Å². The minimum Gasteiger partial charge on any atom is -0.466 e. The first-order chi connectivity index (χ1) is 9.56. The molecule has 4 N–H and O–H groups in total. The van der Waals surface area contributed by atoms with Crippen molar-refractivity contribution in [3.05, 3.63) is 22.2 Å². The fraction of sp³-hybridized carbons (Fsp3) is 0.455. The summed E-state index contributed by atoms with van der Waals surface area (Å²) < 4.78 is 4.78. The lowest BCUT2D eigenvalue weighted by Crippen LogP contribution is -2.12. The molecule has 110 valence electrons. The number of aromatic nitrogens is 1. The minimum absolute atomic E-state index is 0.124. The molecule has 0 bridgehead atoms. The SMILES string of the molecule is CCOC(=O)CCCNc1cc([N+](=O)[O-])cc(NN)n1. The monoisotopic (exact) mass is 283 g/mol. The minimum atomic E-state index is -0.535. The maximum Gasteiger partial charge on any atom is 0.305 e. The summed E-state index contributed by atoms with van der Waals surface area (Å²) in [5.74, 6) is 5.42. The third-order valence-electron chi connectivity index (χ3n) is 2.34. The number of hydrogen-bond donors (Lipinski definition) is 3. The molecule has 0 aromatic carbocycles. The topological polar surface area (TPSA) is 132 Å². The standard InChI is InChI=1S/C11H17N5O4/c1-2-20-11(17)4-3-5-13-9-6-8(16(18)19)7-10(14-9)15-12/h6-7H,2-5,12H2,1H3,(H2,13,14,15). The van der Waals surface area contributed by atoms with Gasteiger partial charge in [-0.15, -0.1) is 0 Å². The molecule has 1 aromatic heterocycles. The molecule has 1 rings (SSSR count). The number of nitrogens with two attached hydrogens (primary N) is 1. The van der Waals surface area contributed by atoms with Gasteiger partial charge in [0.1, 0.15) is 11.6 Å². The molecule has 0 fully saturated rings. The first-order valence-electron chi connectivity index (χ1n) is 6.09. The summed E-state index contributed by atoms with van der Waals surface area (Å²) in [6.07, 6.45) is 0.812. The Hall–Kier alpha value is -2.42. The molecular formula is C11H17N5O4. The third-order valence-corrected chi connectivity index (χ3v) is 2.34. The summed E-state index contributed by atoms with van der Waals surface area (Å²) in [7, 11) is 0. The van der Waals surface area contributed by atoms with Crippen LogP contribution < -0.4 is 16.6 Å². The van der Waals surface area contributed by atoms with Crippen molar-refractivity contribution in [2.45, 2.75) is 19.8 Å². The van der Waals surface area contributed by atoms with Crippen molar-refractivity contribution in [1.82, 2.24) is 4.98 Å². The van der Waals surface area contributed by atoms with Crippen molar-refractivity contribution in [3.8, 4) is 0 Å². The molecule has 20 heavy (non-hydrogen) atoms. The Kier molecular flexibility index (Phi) is 6.17. The van der Waals surface area contributed by atoms with Gasteiger partial charge in [0.25, 0.3) is 5.69 Å². The van der Waals surface area contributed by atoms with E-state index in [-0.39, 0.29) is 23.9 Å². The lowest BCUT2D eigenvalue weighted by atomic mass is 10.3. The smallest absolute Gasteiger partial charge is 0.305 e. The number of rotatable bonds is 8. The van der Waals surface area contributed by atoms with E-state index in [4.69, 9.17) is 10.6 Å². The molecule has 0 saturated carbocycles. The Bertz CT molecular complexity index is 480. The number of nitrogens with one attached hydrogen (secondary N) is 2. The molecule has 0 saturated heterocycles. The number of carbonyl (C=O) groups excluding carboxylic acids is 1. The summed E-state index contributed by atoms with van der Waals surface area (Å²) in [6, 6.07) is 2.52. The number of hydrazine groups is 1. The second-order valence-corrected chi connectivity index (χ2v) is 3.83. The normalized spacial score (nSPS) is 9.90. The summed E-state index contributed by atoms with van der Waals surface area (Å²) in [5.41, 5.74) is 2.13. The first-order valence-corrected chi connectivity index (χ1v) is 6.09. The third kappa shape index (κ3) is 5.06. The van der Waals surface area contributed by atoms with E-state index in [1.165, 1.54) is 12.1 Å². The van der Waals surface area contributed by atoms with Gasteiger partial charge < -0.3 is 15.5 Å². The van der Waals surface area contributed by atoms with Crippen molar-refractivity contribution in [2.24, 2.45) is 5.84 Å². The van der Waals surface area contributed by atoms with Crippen molar-refractivity contribution >= 4 is 23.3 Å². The second kappa shape index (κ2) is 7.89. The van der Waals surface area contributed by atoms with Crippen LogP contribution in [0.3, 0.4) is 0 Å². The Labute approximate surface area is 115 Å². The van der Waals surface area contributed by atoms with Gasteiger partial charge in [-0.25, -0.2) is 10.8 Å². The van der Waals surface area contributed by atoms with E-state index in [0.717, 1.165) is 0 Å². The zero-order chi connectivity index (χ0) is 15.0. The zero-order valence-electron chi connectivity index (χ0n) is 11.1. The molecule has 0 unspecified atom stereocenters. The molecule has 9 nitrogen and oxygen atoms in total. The Balaban J connectivity index is 2.53. The summed E-state index contributed by atoms with van der Waals surface area (Å²) in [5, 5.41) is 13.6. The van der Waals surface area contributed by atoms with Crippen LogP contribution in [-0.4, -0.2) is 29.0 Å². The fourth-order valence-corrected chi connectivity index (χ4v) is 1.47. The van der Waals surface area contributed by atoms with E-state index < -0.39 is 4.92 Å². The summed E-state index contributed by atoms with van der Waals surface area (Å²) >= 11 is 0. The van der Waals surface area contributed by atoms with Crippen molar-refractivity contribution in [2.75, 3.05) is 23.9 Å². The first kappa shape index (κ1) is 15.6. The van der Waals surface area contributed by atoms with Crippen LogP contribution >= 0.6 is 0 Å². The highest BCUT2D eigenvalue weighted by molar-refractivity contribution is 5.69. The molecule has 0 aliphatic heterocycles. The van der Waals surface area contributed by atoms with Crippen LogP contribution in [0.2, 0.25) is 0 Å². The van der Waals surface area contributed by atoms with Crippen LogP contribution in [0.4, 0.5) is 17.3 Å². The van der Waals surface area contributed by atoms with Crippen molar-refractivity contribution < 1.29 is 14.5 Å². The molecule has 0 aliphatic carbocycles. The second-order valence-electron chi connectivity index (χ2n) is 3.83. The van der Waals surface area contributed by atoms with E-state index in [0.29, 0.717) is 25.4 Å². The molecule has 0 radical (unpaired) electrons. The predicted octanol–water partition coefficient (Wildman–Crippen LogP) is 1.03. The number of pyridine rings is 1. The number of nitro groups is 1. The van der Waals surface area contributed by atoms with Crippen molar-refractivity contribution in [1.29, 1.82) is 0 Å². The molecule has 9 heteroatoms. The van der Waals surface area contributed by atoms with Crippen molar-refractivity contribution in [3.63, 3.8) is 0 Å². The Morgan fingerprint density at radius 3 is 2.80 bits per heavy atom. The Morgan fingerprint density at radius 1 is 1.50 bits per heavy atom. The predicted molar refractivity (Wildman–Crippen MR) is 73.1 cm³/mol. The molecule has 1 heterocycles. The van der Waals surface area contributed by atoms with Gasteiger partial charge in [-0.2, -0.15) is 0 Å². The highest BCUT2D eigenvalue weighted by Crippen LogP contribution is 2.19. The van der Waals surface area contributed by atoms with Gasteiger partial charge in [0.2, 0.25) is 0 Å². The lowest BCUT2D eigenvalue weighted by molar-refractivity contribution is -0.384. The number of hydrogen-bond acceptors (Lipinski definition) is 8. The van der Waals surface area contributed by atoms with Gasteiger partial charge in [0, 0.05) is 13.0 Å². The quantitative estimate of drug-likeness (QED) is 0.212. The van der Waals surface area contributed by atoms with Gasteiger partial charge in [-0.1, -0.05) is 0 Å². The number of carbonyl (C=O) groups is 1. The van der Waals surface area contributed by atoms with Crippen LogP contribution in [0.5, 0.6) is 0 Å². The van der Waals surface area contributed by atoms with Gasteiger partial charge in [-0.3, -0.25) is 14.9 Å². The maximum atomic E-state index is 11.1. The molecule has 0 aliphatic rings. The largest absolute Gasteiger partial charge is 0.466 e. The summed E-state index contributed by atoms with van der Waals surface area (Å²) in [6.45, 7) is 2.53. The van der Waals surface area contributed by atoms with Crippen LogP contribution in [0.25, 0.3) is 0 Å². The molecular weight excluding hydrogens is 266 g/mol. The van der Waals surface area contributed by atoms with Gasteiger partial charge in [-0.05, 0) is 13.3 Å². The van der Waals surface area contributed by atoms with E-state index in [1.54, 1.807) is 6.92 Å². The van der Waals surface area contributed by atoms with Crippen LogP contribution in [-0.2, 0) is 9.53 Å². The van der Waals surface area contributed by atoms with E-state index in [2.05, 4.69) is 15.7 Å². The highest BCUT2D eigenvalue weighted by atomic mass is 16.6. The zero-order valence-corrected chi connectivity index (χ0v) is 11.1. The Morgan fingerprint density at radius 2 is 2.20 bits per heavy atom. The molecule has 0 spiro atoms. The number of nitrogen functional groups attached to an aromatic ring is 1. The van der Waals surface area contributed by atoms with Crippen LogP contribution in [0.15, 0.2) is 12.1 Å². The average molecular weight is 283 g/mol. The van der Waals surface area contributed by atoms with E-state index in [1.807, 2.05) is 0 Å². The molecule has 0 atom stereocenters. The van der Waals surface area contributed by atoms with Crippen LogP contribution in [0, 0.1) is 10.1 Å². The molecule has 1 aromatic rings.